The second-order valence-electron chi connectivity index (χ2n) is 11.3. The average Bonchev–Trinajstić information content (AvgIpc) is 2.87. The molecule has 3 rings (SSSR count). The third kappa shape index (κ3) is 11.0. The van der Waals surface area contributed by atoms with Crippen molar-refractivity contribution in [1.82, 2.24) is 9.80 Å². The summed E-state index contributed by atoms with van der Waals surface area (Å²) in [5, 5.41) is 0. The molecule has 2 heterocycles. The lowest BCUT2D eigenvalue weighted by atomic mass is 9.71. The Kier molecular flexibility index (Phi) is 11.7. The van der Waals surface area contributed by atoms with Gasteiger partial charge < -0.3 is 28.7 Å². The highest BCUT2D eigenvalue weighted by Crippen LogP contribution is 2.41. The summed E-state index contributed by atoms with van der Waals surface area (Å²) in [6.07, 6.45) is 5.35. The molecule has 0 unspecified atom stereocenters. The molecule has 2 aliphatic heterocycles. The minimum absolute atomic E-state index is 0.178. The predicted octanol–water partition coefficient (Wildman–Crippen LogP) is 4.66. The highest BCUT2D eigenvalue weighted by molar-refractivity contribution is 5.69. The molecule has 2 saturated heterocycles. The monoisotopic (exact) mass is 518 g/mol. The maximum absolute atomic E-state index is 12.3. The zero-order valence-electron chi connectivity index (χ0n) is 23.0. The van der Waals surface area contributed by atoms with Gasteiger partial charge in [-0.2, -0.15) is 0 Å². The van der Waals surface area contributed by atoms with Gasteiger partial charge in [-0.25, -0.2) is 4.79 Å². The Morgan fingerprint density at radius 1 is 0.865 bits per heavy atom. The number of rotatable bonds is 12. The minimum atomic E-state index is -0.440. The molecule has 0 atom stereocenters. The molecule has 37 heavy (non-hydrogen) atoms. The third-order valence-corrected chi connectivity index (χ3v) is 7.23. The summed E-state index contributed by atoms with van der Waals surface area (Å²) in [4.78, 5) is 28.5. The van der Waals surface area contributed by atoms with Crippen molar-refractivity contribution >= 4 is 12.1 Å². The molecule has 0 aromatic heterocycles. The first-order chi connectivity index (χ1) is 17.7. The molecule has 1 spiro atoms. The van der Waals surface area contributed by atoms with Crippen LogP contribution in [-0.2, 0) is 30.3 Å². The number of carbonyl (C=O) groups excluding carboxylic acids is 2. The van der Waals surface area contributed by atoms with Gasteiger partial charge in [-0.1, -0.05) is 30.3 Å². The number of benzene rings is 1. The average molecular weight is 519 g/mol. The van der Waals surface area contributed by atoms with E-state index >= 15 is 0 Å². The van der Waals surface area contributed by atoms with Crippen molar-refractivity contribution in [2.24, 2.45) is 5.41 Å². The van der Waals surface area contributed by atoms with Gasteiger partial charge in [-0.05, 0) is 76.9 Å². The Labute approximate surface area is 222 Å². The zero-order valence-corrected chi connectivity index (χ0v) is 23.0. The van der Waals surface area contributed by atoms with Gasteiger partial charge in [0.1, 0.15) is 12.2 Å². The summed E-state index contributed by atoms with van der Waals surface area (Å²) < 4.78 is 22.1. The predicted molar refractivity (Wildman–Crippen MR) is 142 cm³/mol. The van der Waals surface area contributed by atoms with Crippen molar-refractivity contribution in [3.63, 3.8) is 0 Å². The van der Waals surface area contributed by atoms with Crippen LogP contribution in [0.5, 0.6) is 0 Å². The van der Waals surface area contributed by atoms with Gasteiger partial charge in [0.2, 0.25) is 0 Å². The van der Waals surface area contributed by atoms with Gasteiger partial charge >= 0.3 is 12.1 Å². The van der Waals surface area contributed by atoms with E-state index in [0.29, 0.717) is 51.3 Å². The molecule has 0 bridgehead atoms. The normalized spacial score (nSPS) is 18.1. The molecule has 8 heteroatoms. The molecule has 0 N–H and O–H groups in total. The van der Waals surface area contributed by atoms with E-state index in [9.17, 15) is 9.59 Å². The van der Waals surface area contributed by atoms with Crippen molar-refractivity contribution < 1.29 is 28.5 Å². The Balaban J connectivity index is 1.14. The van der Waals surface area contributed by atoms with Crippen LogP contribution in [0.25, 0.3) is 0 Å². The molecule has 0 aliphatic carbocycles. The fraction of sp³-hybridized carbons (Fsp3) is 0.724. The molecule has 1 aromatic carbocycles. The number of piperidine rings is 2. The molecule has 0 saturated carbocycles. The largest absolute Gasteiger partial charge is 0.461 e. The van der Waals surface area contributed by atoms with Crippen LogP contribution in [0.15, 0.2) is 30.3 Å². The molecule has 1 aromatic rings. The topological polar surface area (TPSA) is 77.5 Å². The Morgan fingerprint density at radius 3 is 2.14 bits per heavy atom. The van der Waals surface area contributed by atoms with Crippen LogP contribution >= 0.6 is 0 Å². The lowest BCUT2D eigenvalue weighted by Gasteiger charge is -2.46. The number of amides is 1. The molecule has 8 nitrogen and oxygen atoms in total. The van der Waals surface area contributed by atoms with Gasteiger partial charge in [-0.3, -0.25) is 4.79 Å². The lowest BCUT2D eigenvalue weighted by Crippen LogP contribution is -2.49. The fourth-order valence-electron chi connectivity index (χ4n) is 4.89. The highest BCUT2D eigenvalue weighted by Gasteiger charge is 2.39. The molecule has 2 aliphatic rings. The zero-order chi connectivity index (χ0) is 26.6. The summed E-state index contributed by atoms with van der Waals surface area (Å²) in [5.41, 5.74) is 0.927. The van der Waals surface area contributed by atoms with Crippen LogP contribution in [0.4, 0.5) is 4.79 Å². The quantitative estimate of drug-likeness (QED) is 0.294. The van der Waals surface area contributed by atoms with Crippen LogP contribution in [0.2, 0.25) is 0 Å². The van der Waals surface area contributed by atoms with Crippen molar-refractivity contribution in [2.75, 3.05) is 59.2 Å². The number of esters is 1. The minimum Gasteiger partial charge on any atom is -0.461 e. The summed E-state index contributed by atoms with van der Waals surface area (Å²) in [6.45, 7) is 13.1. The molecular formula is C29H46N2O6. The molecule has 0 radical (unpaired) electrons. The molecule has 1 amide bonds. The number of ether oxygens (including phenoxy) is 4. The second-order valence-corrected chi connectivity index (χ2v) is 11.3. The van der Waals surface area contributed by atoms with Crippen LogP contribution in [0.1, 0.15) is 64.9 Å². The van der Waals surface area contributed by atoms with Crippen LogP contribution in [0.3, 0.4) is 0 Å². The van der Waals surface area contributed by atoms with E-state index in [4.69, 9.17) is 18.9 Å². The van der Waals surface area contributed by atoms with Crippen molar-refractivity contribution in [1.29, 1.82) is 0 Å². The van der Waals surface area contributed by atoms with E-state index in [1.165, 1.54) is 12.8 Å². The first-order valence-electron chi connectivity index (χ1n) is 13.8. The van der Waals surface area contributed by atoms with Crippen LogP contribution in [0, 0.1) is 5.41 Å². The van der Waals surface area contributed by atoms with Gasteiger partial charge in [0.05, 0.1) is 19.8 Å². The summed E-state index contributed by atoms with van der Waals surface area (Å²) >= 11 is 0. The second kappa shape index (κ2) is 14.7. The first-order valence-corrected chi connectivity index (χ1v) is 13.8. The highest BCUT2D eigenvalue weighted by atomic mass is 16.6. The van der Waals surface area contributed by atoms with E-state index in [1.54, 1.807) is 0 Å². The number of carbonyl (C=O) groups is 2. The van der Waals surface area contributed by atoms with Gasteiger partial charge in [-0.15, -0.1) is 0 Å². The summed E-state index contributed by atoms with van der Waals surface area (Å²) in [7, 11) is 0. The molecular weight excluding hydrogens is 472 g/mol. The van der Waals surface area contributed by atoms with Gasteiger partial charge in [0, 0.05) is 32.7 Å². The number of likely N-dealkylation sites (tertiary alicyclic amines) is 2. The van der Waals surface area contributed by atoms with E-state index in [-0.39, 0.29) is 12.1 Å². The van der Waals surface area contributed by atoms with Crippen molar-refractivity contribution in [3.05, 3.63) is 35.9 Å². The number of hydrogen-bond donors (Lipinski definition) is 0. The molecule has 2 fully saturated rings. The SMILES string of the molecule is CC(C)(C)OC(=O)N1CCC2(CCN(CCOCCOCCCC(=O)OCc3ccccc3)CC2)CC1. The van der Waals surface area contributed by atoms with E-state index < -0.39 is 5.60 Å². The number of nitrogens with zero attached hydrogens (tertiary/aromatic N) is 2. The lowest BCUT2D eigenvalue weighted by molar-refractivity contribution is -0.145. The Morgan fingerprint density at radius 2 is 1.49 bits per heavy atom. The van der Waals surface area contributed by atoms with E-state index in [0.717, 1.165) is 51.1 Å². The van der Waals surface area contributed by atoms with E-state index in [2.05, 4.69) is 4.90 Å². The van der Waals surface area contributed by atoms with E-state index in [1.807, 2.05) is 56.0 Å². The van der Waals surface area contributed by atoms with Crippen molar-refractivity contribution in [3.8, 4) is 0 Å². The summed E-state index contributed by atoms with van der Waals surface area (Å²) in [5.74, 6) is -0.194. The van der Waals surface area contributed by atoms with Crippen LogP contribution < -0.4 is 0 Å². The standard InChI is InChI=1S/C29H46N2O6/c1-28(2,3)37-27(33)31-17-13-29(14-18-31)11-15-30(16-12-29)19-21-35-23-22-34-20-7-10-26(32)36-24-25-8-5-4-6-9-25/h4-6,8-9H,7,10-24H2,1-3H3. The molecule has 208 valence electrons. The number of hydrogen-bond acceptors (Lipinski definition) is 7. The third-order valence-electron chi connectivity index (χ3n) is 7.23. The Hall–Kier alpha value is -2.16. The fourth-order valence-corrected chi connectivity index (χ4v) is 4.89. The van der Waals surface area contributed by atoms with Gasteiger partial charge in [0.15, 0.2) is 0 Å². The maximum Gasteiger partial charge on any atom is 0.410 e. The van der Waals surface area contributed by atoms with Gasteiger partial charge in [0.25, 0.3) is 0 Å². The van der Waals surface area contributed by atoms with Crippen molar-refractivity contribution in [2.45, 2.75) is 71.5 Å². The van der Waals surface area contributed by atoms with Crippen LogP contribution in [-0.4, -0.2) is 86.6 Å². The smallest absolute Gasteiger partial charge is 0.410 e. The maximum atomic E-state index is 12.3. The summed E-state index contributed by atoms with van der Waals surface area (Å²) in [6, 6.07) is 9.69. The first kappa shape index (κ1) is 29.4. The Bertz CT molecular complexity index is 807.